The van der Waals surface area contributed by atoms with E-state index >= 15 is 0 Å². The maximum Gasteiger partial charge on any atom is 0.408 e. The standard InChI is InChI=1S/C25H28F7N5O3S/c1-3-16(25(30,31)32)35-17-7-14(20(26)27)15(9-33-17)19-18(23(40)37-10-24(28,29)8-11(37)2)36-22(41-19)21(39)34-12-4-5-13(38)6-12/h7,9,11-13,16,20,38H,3-6,8,10H2,1-2H3,(H,33,35)(H,34,39)/t11-,12-,13-,16?/m0/s1. The van der Waals surface area contributed by atoms with E-state index in [1.54, 1.807) is 0 Å². The van der Waals surface area contributed by atoms with E-state index in [9.17, 15) is 45.4 Å². The van der Waals surface area contributed by atoms with Gasteiger partial charge in [-0.15, -0.1) is 11.3 Å². The second kappa shape index (κ2) is 11.7. The molecule has 16 heteroatoms. The number of rotatable bonds is 8. The molecule has 3 N–H and O–H groups in total. The highest BCUT2D eigenvalue weighted by Gasteiger charge is 2.46. The third-order valence-corrected chi connectivity index (χ3v) is 8.18. The molecular formula is C25H28F7N5O3S. The lowest BCUT2D eigenvalue weighted by Crippen LogP contribution is -2.36. The number of halogens is 7. The first kappa shape index (κ1) is 30.9. The van der Waals surface area contributed by atoms with Crippen molar-refractivity contribution in [1.82, 2.24) is 20.2 Å². The molecule has 3 heterocycles. The first-order valence-electron chi connectivity index (χ1n) is 12.9. The van der Waals surface area contributed by atoms with E-state index in [2.05, 4.69) is 20.6 Å². The fourth-order valence-electron chi connectivity index (χ4n) is 5.01. The lowest BCUT2D eigenvalue weighted by Gasteiger charge is -2.22. The van der Waals surface area contributed by atoms with Gasteiger partial charge in [-0.05, 0) is 38.7 Å². The van der Waals surface area contributed by atoms with Gasteiger partial charge in [0.25, 0.3) is 24.2 Å². The number of aromatic nitrogens is 2. The number of carbonyl (C=O) groups is 2. The highest BCUT2D eigenvalue weighted by Crippen LogP contribution is 2.40. The van der Waals surface area contributed by atoms with Crippen LogP contribution in [0.4, 0.5) is 36.6 Å². The summed E-state index contributed by atoms with van der Waals surface area (Å²) in [6, 6.07) is -2.66. The molecule has 0 radical (unpaired) electrons. The van der Waals surface area contributed by atoms with Crippen molar-refractivity contribution in [1.29, 1.82) is 0 Å². The Labute approximate surface area is 234 Å². The van der Waals surface area contributed by atoms with Gasteiger partial charge >= 0.3 is 6.18 Å². The zero-order chi connectivity index (χ0) is 30.3. The second-order valence-corrected chi connectivity index (χ2v) is 11.3. The molecule has 0 bridgehead atoms. The number of thiazole rings is 1. The molecule has 1 unspecified atom stereocenters. The molecule has 41 heavy (non-hydrogen) atoms. The van der Waals surface area contributed by atoms with E-state index in [1.807, 2.05) is 0 Å². The molecule has 2 aromatic rings. The molecule has 4 atom stereocenters. The minimum Gasteiger partial charge on any atom is -0.393 e. The number of carbonyl (C=O) groups excluding carboxylic acids is 2. The summed E-state index contributed by atoms with van der Waals surface area (Å²) in [5.41, 5.74) is -1.69. The number of hydrogen-bond acceptors (Lipinski definition) is 7. The molecule has 1 saturated heterocycles. The van der Waals surface area contributed by atoms with Gasteiger partial charge in [0.15, 0.2) is 5.01 Å². The predicted molar refractivity (Wildman–Crippen MR) is 135 cm³/mol. The Morgan fingerprint density at radius 1 is 1.27 bits per heavy atom. The zero-order valence-corrected chi connectivity index (χ0v) is 22.8. The van der Waals surface area contributed by atoms with Crippen LogP contribution in [0.15, 0.2) is 12.3 Å². The minimum absolute atomic E-state index is 0.258. The van der Waals surface area contributed by atoms with Crippen LogP contribution in [0.3, 0.4) is 0 Å². The molecule has 2 aromatic heterocycles. The van der Waals surface area contributed by atoms with Gasteiger partial charge in [-0.2, -0.15) is 13.2 Å². The zero-order valence-electron chi connectivity index (χ0n) is 21.9. The number of likely N-dealkylation sites (tertiary alicyclic amines) is 1. The van der Waals surface area contributed by atoms with Crippen LogP contribution >= 0.6 is 11.3 Å². The third kappa shape index (κ3) is 6.90. The van der Waals surface area contributed by atoms with Gasteiger partial charge in [0.05, 0.1) is 17.5 Å². The molecule has 0 aromatic carbocycles. The molecule has 4 rings (SSSR count). The number of hydrogen-bond donors (Lipinski definition) is 3. The lowest BCUT2D eigenvalue weighted by molar-refractivity contribution is -0.142. The van der Waals surface area contributed by atoms with Crippen molar-refractivity contribution in [2.24, 2.45) is 0 Å². The summed E-state index contributed by atoms with van der Waals surface area (Å²) in [5.74, 6) is -5.44. The molecule has 2 fully saturated rings. The van der Waals surface area contributed by atoms with Crippen LogP contribution in [-0.2, 0) is 0 Å². The van der Waals surface area contributed by atoms with Gasteiger partial charge in [-0.3, -0.25) is 9.59 Å². The molecule has 1 saturated carbocycles. The molecule has 8 nitrogen and oxygen atoms in total. The summed E-state index contributed by atoms with van der Waals surface area (Å²) in [5, 5.41) is 14.2. The summed E-state index contributed by atoms with van der Waals surface area (Å²) in [7, 11) is 0. The van der Waals surface area contributed by atoms with Crippen molar-refractivity contribution in [2.75, 3.05) is 11.9 Å². The molecule has 0 spiro atoms. The SMILES string of the molecule is CCC(Nc1cc(C(F)F)c(-c2sc(C(=O)N[C@H]3CC[C@H](O)C3)nc2C(=O)N2CC(F)(F)C[C@@H]2C)cn1)C(F)(F)F. The number of amides is 2. The smallest absolute Gasteiger partial charge is 0.393 e. The maximum absolute atomic E-state index is 14.2. The molecular weight excluding hydrogens is 583 g/mol. The Bertz CT molecular complexity index is 1290. The quantitative estimate of drug-likeness (QED) is 0.345. The fourth-order valence-corrected chi connectivity index (χ4v) is 6.01. The Kier molecular flexibility index (Phi) is 8.83. The van der Waals surface area contributed by atoms with Gasteiger partial charge in [-0.1, -0.05) is 6.92 Å². The molecule has 1 aliphatic heterocycles. The Hall–Kier alpha value is -3.01. The fraction of sp³-hybridized carbons (Fsp3) is 0.600. The predicted octanol–water partition coefficient (Wildman–Crippen LogP) is 5.41. The summed E-state index contributed by atoms with van der Waals surface area (Å²) in [4.78, 5) is 34.9. The second-order valence-electron chi connectivity index (χ2n) is 10.3. The summed E-state index contributed by atoms with van der Waals surface area (Å²) >= 11 is 0.559. The Morgan fingerprint density at radius 3 is 2.51 bits per heavy atom. The number of aliphatic hydroxyl groups excluding tert-OH is 1. The van der Waals surface area contributed by atoms with Gasteiger partial charge < -0.3 is 20.6 Å². The highest BCUT2D eigenvalue weighted by atomic mass is 32.1. The van der Waals surface area contributed by atoms with Gasteiger partial charge in [0.2, 0.25) is 0 Å². The van der Waals surface area contributed by atoms with E-state index in [4.69, 9.17) is 0 Å². The molecule has 1 aliphatic carbocycles. The summed E-state index contributed by atoms with van der Waals surface area (Å²) in [6.07, 6.45) is -7.51. The van der Waals surface area contributed by atoms with E-state index in [-0.39, 0.29) is 21.9 Å². The molecule has 2 aliphatic rings. The number of anilines is 1. The van der Waals surface area contributed by atoms with Gasteiger partial charge in [0, 0.05) is 35.8 Å². The third-order valence-electron chi connectivity index (χ3n) is 7.09. The van der Waals surface area contributed by atoms with Crippen LogP contribution in [0.25, 0.3) is 10.4 Å². The van der Waals surface area contributed by atoms with Crippen molar-refractivity contribution in [3.63, 3.8) is 0 Å². The van der Waals surface area contributed by atoms with Crippen LogP contribution in [0.2, 0.25) is 0 Å². The number of nitrogens with zero attached hydrogens (tertiary/aromatic N) is 3. The van der Waals surface area contributed by atoms with Crippen LogP contribution < -0.4 is 10.6 Å². The van der Waals surface area contributed by atoms with E-state index in [0.717, 1.165) is 11.1 Å². The van der Waals surface area contributed by atoms with Crippen molar-refractivity contribution in [3.8, 4) is 10.4 Å². The van der Waals surface area contributed by atoms with Crippen molar-refractivity contribution in [3.05, 3.63) is 28.5 Å². The molecule has 226 valence electrons. The number of aliphatic hydroxyl groups is 1. The van der Waals surface area contributed by atoms with Gasteiger partial charge in [0.1, 0.15) is 17.6 Å². The average Bonchev–Trinajstić information content (AvgIpc) is 3.57. The first-order chi connectivity index (χ1) is 19.1. The first-order valence-corrected chi connectivity index (χ1v) is 13.7. The van der Waals surface area contributed by atoms with Crippen LogP contribution in [0, 0.1) is 0 Å². The van der Waals surface area contributed by atoms with Crippen LogP contribution in [0.1, 0.15) is 78.2 Å². The average molecular weight is 612 g/mol. The van der Waals surface area contributed by atoms with Crippen molar-refractivity contribution >= 4 is 29.0 Å². The number of pyridine rings is 1. The monoisotopic (exact) mass is 611 g/mol. The van der Waals surface area contributed by atoms with Crippen molar-refractivity contribution < 1.29 is 45.4 Å². The summed E-state index contributed by atoms with van der Waals surface area (Å²) in [6.45, 7) is 1.70. The number of nitrogens with one attached hydrogen (secondary N) is 2. The van der Waals surface area contributed by atoms with Crippen molar-refractivity contribution in [2.45, 2.75) is 88.7 Å². The number of alkyl halides is 7. The topological polar surface area (TPSA) is 107 Å². The minimum atomic E-state index is -4.68. The van der Waals surface area contributed by atoms with Crippen LogP contribution in [0.5, 0.6) is 0 Å². The lowest BCUT2D eigenvalue weighted by atomic mass is 10.1. The van der Waals surface area contributed by atoms with Gasteiger partial charge in [-0.25, -0.2) is 27.5 Å². The Balaban J connectivity index is 1.75. The normalized spacial score (nSPS) is 23.2. The summed E-state index contributed by atoms with van der Waals surface area (Å²) < 4.78 is 96.3. The van der Waals surface area contributed by atoms with E-state index in [0.29, 0.717) is 30.2 Å². The Morgan fingerprint density at radius 2 is 1.98 bits per heavy atom. The molecule has 2 amide bonds. The van der Waals surface area contributed by atoms with E-state index in [1.165, 1.54) is 13.8 Å². The largest absolute Gasteiger partial charge is 0.408 e. The maximum atomic E-state index is 14.2. The highest BCUT2D eigenvalue weighted by molar-refractivity contribution is 7.17. The van der Waals surface area contributed by atoms with E-state index < -0.39 is 91.0 Å². The van der Waals surface area contributed by atoms with Crippen LogP contribution in [-0.4, -0.2) is 74.7 Å².